The second kappa shape index (κ2) is 6.39. The van der Waals surface area contributed by atoms with Crippen molar-refractivity contribution in [2.75, 3.05) is 25.6 Å². The van der Waals surface area contributed by atoms with Gasteiger partial charge in [-0.1, -0.05) is 0 Å². The van der Waals surface area contributed by atoms with Gasteiger partial charge in [0.05, 0.1) is 12.6 Å². The quantitative estimate of drug-likeness (QED) is 0.724. The predicted octanol–water partition coefficient (Wildman–Crippen LogP) is 2.71. The fourth-order valence-electron chi connectivity index (χ4n) is 2.41. The first-order chi connectivity index (χ1) is 10.8. The van der Waals surface area contributed by atoms with Gasteiger partial charge in [-0.2, -0.15) is 0 Å². The maximum absolute atomic E-state index is 5.25. The Bertz CT molecular complexity index is 761. The van der Waals surface area contributed by atoms with Gasteiger partial charge in [0.2, 0.25) is 0 Å². The van der Waals surface area contributed by atoms with Crippen molar-refractivity contribution in [1.82, 2.24) is 15.0 Å². The van der Waals surface area contributed by atoms with Crippen LogP contribution in [0, 0.1) is 0 Å². The van der Waals surface area contributed by atoms with Crippen molar-refractivity contribution in [3.05, 3.63) is 54.6 Å². The molecule has 0 atom stereocenters. The Balaban J connectivity index is 1.83. The third-order valence-electron chi connectivity index (χ3n) is 3.67. The summed E-state index contributed by atoms with van der Waals surface area (Å²) < 4.78 is 5.25. The molecule has 112 valence electrons. The number of fused-ring (bicyclic) bond motifs is 1. The molecule has 0 saturated heterocycles. The summed E-state index contributed by atoms with van der Waals surface area (Å²) in [5.41, 5.74) is 2.15. The Morgan fingerprint density at radius 3 is 2.68 bits per heavy atom. The standard InChI is InChI=1S/C17H18N4O/c1-21(10-7-13-5-8-18-9-6-13)17-15-4-3-14(22-2)11-16(15)19-12-20-17/h3-6,8-9,11-12H,7,10H2,1-2H3. The van der Waals surface area contributed by atoms with E-state index in [0.717, 1.165) is 35.4 Å². The molecular weight excluding hydrogens is 276 g/mol. The van der Waals surface area contributed by atoms with E-state index in [4.69, 9.17) is 4.74 Å². The molecule has 0 radical (unpaired) electrons. The summed E-state index contributed by atoms with van der Waals surface area (Å²) in [4.78, 5) is 15.0. The first-order valence-electron chi connectivity index (χ1n) is 7.17. The summed E-state index contributed by atoms with van der Waals surface area (Å²) in [6, 6.07) is 9.95. The highest BCUT2D eigenvalue weighted by Gasteiger charge is 2.09. The lowest BCUT2D eigenvalue weighted by Crippen LogP contribution is -2.21. The third kappa shape index (κ3) is 2.98. The highest BCUT2D eigenvalue weighted by Crippen LogP contribution is 2.25. The molecule has 0 aliphatic rings. The van der Waals surface area contributed by atoms with Crippen LogP contribution in [0.5, 0.6) is 5.75 Å². The van der Waals surface area contributed by atoms with Crippen LogP contribution in [0.2, 0.25) is 0 Å². The molecule has 0 spiro atoms. The van der Waals surface area contributed by atoms with Crippen LogP contribution in [0.25, 0.3) is 10.9 Å². The van der Waals surface area contributed by atoms with Crippen LogP contribution in [-0.4, -0.2) is 35.7 Å². The van der Waals surface area contributed by atoms with E-state index in [0.29, 0.717) is 0 Å². The molecule has 0 aliphatic carbocycles. The summed E-state index contributed by atoms with van der Waals surface area (Å²) in [7, 11) is 3.71. The maximum Gasteiger partial charge on any atom is 0.139 e. The van der Waals surface area contributed by atoms with Crippen LogP contribution in [-0.2, 0) is 6.42 Å². The normalized spacial score (nSPS) is 10.6. The topological polar surface area (TPSA) is 51.1 Å². The lowest BCUT2D eigenvalue weighted by molar-refractivity contribution is 0.415. The summed E-state index contributed by atoms with van der Waals surface area (Å²) in [6.45, 7) is 0.877. The van der Waals surface area contributed by atoms with Crippen molar-refractivity contribution >= 4 is 16.7 Å². The van der Waals surface area contributed by atoms with Crippen LogP contribution >= 0.6 is 0 Å². The number of rotatable bonds is 5. The monoisotopic (exact) mass is 294 g/mol. The highest BCUT2D eigenvalue weighted by molar-refractivity contribution is 5.90. The number of hydrogen-bond donors (Lipinski definition) is 0. The number of methoxy groups -OCH3 is 1. The van der Waals surface area contributed by atoms with Crippen molar-refractivity contribution in [1.29, 1.82) is 0 Å². The maximum atomic E-state index is 5.25. The molecule has 0 N–H and O–H groups in total. The molecule has 3 aromatic rings. The third-order valence-corrected chi connectivity index (χ3v) is 3.67. The van der Waals surface area contributed by atoms with E-state index >= 15 is 0 Å². The Labute approximate surface area is 129 Å². The van der Waals surface area contributed by atoms with Gasteiger partial charge in [-0.25, -0.2) is 9.97 Å². The summed E-state index contributed by atoms with van der Waals surface area (Å²) >= 11 is 0. The number of likely N-dealkylation sites (N-methyl/N-ethyl adjacent to an activating group) is 1. The largest absolute Gasteiger partial charge is 0.497 e. The van der Waals surface area contributed by atoms with E-state index in [1.54, 1.807) is 13.4 Å². The fourth-order valence-corrected chi connectivity index (χ4v) is 2.41. The minimum atomic E-state index is 0.802. The van der Waals surface area contributed by atoms with Gasteiger partial charge in [0, 0.05) is 37.4 Å². The van der Waals surface area contributed by atoms with E-state index in [-0.39, 0.29) is 0 Å². The fraction of sp³-hybridized carbons (Fsp3) is 0.235. The Hall–Kier alpha value is -2.69. The van der Waals surface area contributed by atoms with Gasteiger partial charge in [0.25, 0.3) is 0 Å². The van der Waals surface area contributed by atoms with Gasteiger partial charge in [-0.15, -0.1) is 0 Å². The van der Waals surface area contributed by atoms with E-state index in [9.17, 15) is 0 Å². The van der Waals surface area contributed by atoms with Crippen molar-refractivity contribution < 1.29 is 4.74 Å². The molecule has 3 rings (SSSR count). The summed E-state index contributed by atoms with van der Waals surface area (Å²) in [5.74, 6) is 1.73. The van der Waals surface area contributed by atoms with Gasteiger partial charge in [-0.05, 0) is 36.2 Å². The molecule has 5 heteroatoms. The second-order valence-electron chi connectivity index (χ2n) is 5.11. The average molecular weight is 294 g/mol. The zero-order valence-corrected chi connectivity index (χ0v) is 12.7. The van der Waals surface area contributed by atoms with Crippen molar-refractivity contribution in [3.8, 4) is 5.75 Å². The molecule has 0 aliphatic heterocycles. The lowest BCUT2D eigenvalue weighted by Gasteiger charge is -2.19. The molecule has 2 aromatic heterocycles. The van der Waals surface area contributed by atoms with Gasteiger partial charge in [0.1, 0.15) is 17.9 Å². The Kier molecular flexibility index (Phi) is 4.14. The van der Waals surface area contributed by atoms with Crippen LogP contribution in [0.4, 0.5) is 5.82 Å². The molecule has 0 bridgehead atoms. The number of pyridine rings is 1. The van der Waals surface area contributed by atoms with E-state index < -0.39 is 0 Å². The van der Waals surface area contributed by atoms with Gasteiger partial charge >= 0.3 is 0 Å². The zero-order valence-electron chi connectivity index (χ0n) is 12.7. The number of anilines is 1. The van der Waals surface area contributed by atoms with Crippen molar-refractivity contribution in [3.63, 3.8) is 0 Å². The van der Waals surface area contributed by atoms with Crippen LogP contribution in [0.3, 0.4) is 0 Å². The Morgan fingerprint density at radius 1 is 1.09 bits per heavy atom. The van der Waals surface area contributed by atoms with E-state index in [1.165, 1.54) is 5.56 Å². The summed E-state index contributed by atoms with van der Waals surface area (Å²) in [5, 5.41) is 1.03. The van der Waals surface area contributed by atoms with Crippen LogP contribution < -0.4 is 9.64 Å². The number of nitrogens with zero attached hydrogens (tertiary/aromatic N) is 4. The van der Waals surface area contributed by atoms with Crippen LogP contribution in [0.1, 0.15) is 5.56 Å². The van der Waals surface area contributed by atoms with Crippen molar-refractivity contribution in [2.45, 2.75) is 6.42 Å². The number of ether oxygens (including phenoxy) is 1. The average Bonchev–Trinajstić information content (AvgIpc) is 2.59. The predicted molar refractivity (Wildman–Crippen MR) is 87.3 cm³/mol. The number of benzene rings is 1. The highest BCUT2D eigenvalue weighted by atomic mass is 16.5. The minimum Gasteiger partial charge on any atom is -0.497 e. The number of aromatic nitrogens is 3. The SMILES string of the molecule is COc1ccc2c(N(C)CCc3ccncc3)ncnc2c1. The summed E-state index contributed by atoms with van der Waals surface area (Å²) in [6.07, 6.45) is 6.18. The molecule has 5 nitrogen and oxygen atoms in total. The Morgan fingerprint density at radius 2 is 1.91 bits per heavy atom. The van der Waals surface area contributed by atoms with Gasteiger partial charge in [0.15, 0.2) is 0 Å². The molecule has 0 fully saturated rings. The molecule has 0 saturated carbocycles. The molecular formula is C17H18N4O. The van der Waals surface area contributed by atoms with Gasteiger partial charge in [-0.3, -0.25) is 4.98 Å². The first-order valence-corrected chi connectivity index (χ1v) is 7.17. The van der Waals surface area contributed by atoms with Crippen LogP contribution in [0.15, 0.2) is 49.1 Å². The molecule has 22 heavy (non-hydrogen) atoms. The number of hydrogen-bond acceptors (Lipinski definition) is 5. The first kappa shape index (κ1) is 14.3. The molecule has 1 aromatic carbocycles. The van der Waals surface area contributed by atoms with Gasteiger partial charge < -0.3 is 9.64 Å². The molecule has 0 amide bonds. The minimum absolute atomic E-state index is 0.802. The van der Waals surface area contributed by atoms with Crippen molar-refractivity contribution in [2.24, 2.45) is 0 Å². The second-order valence-corrected chi connectivity index (χ2v) is 5.11. The lowest BCUT2D eigenvalue weighted by atomic mass is 10.2. The smallest absolute Gasteiger partial charge is 0.139 e. The van der Waals surface area contributed by atoms with E-state index in [2.05, 4.69) is 19.9 Å². The molecule has 2 heterocycles. The van der Waals surface area contributed by atoms with E-state index in [1.807, 2.05) is 49.8 Å². The molecule has 0 unspecified atom stereocenters. The zero-order chi connectivity index (χ0) is 15.4.